The number of carbonyl (C=O) groups excluding carboxylic acids is 1. The standard InChI is InChI=1S/C13H17ClN2O4S/c1-20-13(17)9-4-3-7-16(8-9)21(18,19)12-10(14)5-2-6-11(12)15/h2,5-6,9H,3-4,7-8,15H2,1H3. The van der Waals surface area contributed by atoms with E-state index in [1.54, 1.807) is 6.07 Å². The number of piperidine rings is 1. The summed E-state index contributed by atoms with van der Waals surface area (Å²) in [4.78, 5) is 11.5. The van der Waals surface area contributed by atoms with E-state index in [1.165, 1.54) is 23.5 Å². The van der Waals surface area contributed by atoms with Crippen molar-refractivity contribution in [1.29, 1.82) is 0 Å². The fraction of sp³-hybridized carbons (Fsp3) is 0.462. The van der Waals surface area contributed by atoms with E-state index < -0.39 is 21.9 Å². The average Bonchev–Trinajstić information content (AvgIpc) is 2.46. The molecule has 1 atom stereocenters. The van der Waals surface area contributed by atoms with E-state index in [1.807, 2.05) is 0 Å². The molecule has 0 saturated carbocycles. The minimum atomic E-state index is -3.83. The minimum absolute atomic E-state index is 0.0789. The third-order valence-corrected chi connectivity index (χ3v) is 5.92. The van der Waals surface area contributed by atoms with Gasteiger partial charge in [0.25, 0.3) is 0 Å². The normalized spacial score (nSPS) is 20.2. The van der Waals surface area contributed by atoms with Crippen molar-refractivity contribution in [2.24, 2.45) is 5.92 Å². The lowest BCUT2D eigenvalue weighted by Gasteiger charge is -2.31. The molecule has 1 heterocycles. The Morgan fingerprint density at radius 1 is 1.48 bits per heavy atom. The van der Waals surface area contributed by atoms with Crippen molar-refractivity contribution in [1.82, 2.24) is 4.31 Å². The topological polar surface area (TPSA) is 89.7 Å². The summed E-state index contributed by atoms with van der Waals surface area (Å²) in [7, 11) is -2.54. The van der Waals surface area contributed by atoms with Gasteiger partial charge in [-0.25, -0.2) is 8.42 Å². The molecular formula is C13H17ClN2O4S. The molecule has 0 aliphatic carbocycles. The second kappa shape index (κ2) is 6.21. The van der Waals surface area contributed by atoms with Gasteiger partial charge in [0.2, 0.25) is 10.0 Å². The lowest BCUT2D eigenvalue weighted by atomic mass is 10.0. The molecule has 0 bridgehead atoms. The predicted molar refractivity (Wildman–Crippen MR) is 79.4 cm³/mol. The molecule has 1 saturated heterocycles. The number of rotatable bonds is 3. The van der Waals surface area contributed by atoms with Crippen LogP contribution < -0.4 is 5.73 Å². The molecule has 0 aromatic heterocycles. The van der Waals surface area contributed by atoms with Crippen LogP contribution in [0.1, 0.15) is 12.8 Å². The zero-order valence-corrected chi connectivity index (χ0v) is 13.2. The number of benzene rings is 1. The highest BCUT2D eigenvalue weighted by atomic mass is 35.5. The zero-order valence-electron chi connectivity index (χ0n) is 11.6. The molecule has 2 rings (SSSR count). The molecule has 21 heavy (non-hydrogen) atoms. The third kappa shape index (κ3) is 3.14. The molecular weight excluding hydrogens is 316 g/mol. The van der Waals surface area contributed by atoms with Crippen LogP contribution in [-0.4, -0.2) is 38.9 Å². The maximum Gasteiger partial charge on any atom is 0.309 e. The SMILES string of the molecule is COC(=O)C1CCCN(S(=O)(=O)c2c(N)cccc2Cl)C1. The molecule has 1 aromatic carbocycles. The van der Waals surface area contributed by atoms with E-state index >= 15 is 0 Å². The molecule has 1 aliphatic rings. The average molecular weight is 333 g/mol. The molecule has 1 fully saturated rings. The van der Waals surface area contributed by atoms with Crippen LogP contribution in [0.25, 0.3) is 0 Å². The third-order valence-electron chi connectivity index (χ3n) is 3.51. The summed E-state index contributed by atoms with van der Waals surface area (Å²) in [5.74, 6) is -0.857. The number of nitrogens with two attached hydrogens (primary N) is 1. The Morgan fingerprint density at radius 3 is 2.81 bits per heavy atom. The van der Waals surface area contributed by atoms with Crippen molar-refractivity contribution in [2.75, 3.05) is 25.9 Å². The lowest BCUT2D eigenvalue weighted by Crippen LogP contribution is -2.42. The van der Waals surface area contributed by atoms with Crippen LogP contribution >= 0.6 is 11.6 Å². The van der Waals surface area contributed by atoms with Crippen molar-refractivity contribution >= 4 is 33.3 Å². The number of anilines is 1. The van der Waals surface area contributed by atoms with Crippen LogP contribution in [0.15, 0.2) is 23.1 Å². The highest BCUT2D eigenvalue weighted by Crippen LogP contribution is 2.32. The van der Waals surface area contributed by atoms with Crippen LogP contribution in [-0.2, 0) is 19.6 Å². The summed E-state index contributed by atoms with van der Waals surface area (Å²) >= 11 is 5.98. The number of methoxy groups -OCH3 is 1. The second-order valence-electron chi connectivity index (χ2n) is 4.88. The van der Waals surface area contributed by atoms with Crippen LogP contribution in [0, 0.1) is 5.92 Å². The van der Waals surface area contributed by atoms with Crippen molar-refractivity contribution in [3.8, 4) is 0 Å². The van der Waals surface area contributed by atoms with Gasteiger partial charge in [-0.15, -0.1) is 0 Å². The summed E-state index contributed by atoms with van der Waals surface area (Å²) in [6.45, 7) is 0.417. The van der Waals surface area contributed by atoms with E-state index in [4.69, 9.17) is 22.1 Å². The van der Waals surface area contributed by atoms with Crippen molar-refractivity contribution in [3.63, 3.8) is 0 Å². The monoisotopic (exact) mass is 332 g/mol. The summed E-state index contributed by atoms with van der Waals surface area (Å²) in [5, 5.41) is 0.0789. The van der Waals surface area contributed by atoms with Crippen LogP contribution in [0.2, 0.25) is 5.02 Å². The molecule has 1 aliphatic heterocycles. The van der Waals surface area contributed by atoms with Gasteiger partial charge in [0.15, 0.2) is 0 Å². The van der Waals surface area contributed by atoms with Gasteiger partial charge in [-0.2, -0.15) is 4.31 Å². The maximum atomic E-state index is 12.7. The van der Waals surface area contributed by atoms with Gasteiger partial charge in [0.05, 0.1) is 23.7 Å². The van der Waals surface area contributed by atoms with Gasteiger partial charge < -0.3 is 10.5 Å². The van der Waals surface area contributed by atoms with Crippen molar-refractivity contribution in [2.45, 2.75) is 17.7 Å². The molecule has 0 amide bonds. The molecule has 0 spiro atoms. The Bertz CT molecular complexity index is 627. The molecule has 116 valence electrons. The van der Waals surface area contributed by atoms with Crippen molar-refractivity contribution < 1.29 is 17.9 Å². The van der Waals surface area contributed by atoms with E-state index in [9.17, 15) is 13.2 Å². The van der Waals surface area contributed by atoms with E-state index in [-0.39, 0.29) is 22.2 Å². The van der Waals surface area contributed by atoms with E-state index in [2.05, 4.69) is 0 Å². The summed E-state index contributed by atoms with van der Waals surface area (Å²) in [5.41, 5.74) is 5.85. The Balaban J connectivity index is 2.33. The predicted octanol–water partition coefficient (Wildman–Crippen LogP) is 1.50. The molecule has 1 unspecified atom stereocenters. The van der Waals surface area contributed by atoms with Gasteiger partial charge in [-0.05, 0) is 25.0 Å². The van der Waals surface area contributed by atoms with Crippen LogP contribution in [0.5, 0.6) is 0 Å². The quantitative estimate of drug-likeness (QED) is 0.669. The Kier molecular flexibility index (Phi) is 4.75. The minimum Gasteiger partial charge on any atom is -0.469 e. The van der Waals surface area contributed by atoms with Crippen LogP contribution in [0.4, 0.5) is 5.69 Å². The van der Waals surface area contributed by atoms with Gasteiger partial charge in [-0.3, -0.25) is 4.79 Å². The highest BCUT2D eigenvalue weighted by Gasteiger charge is 2.35. The molecule has 6 nitrogen and oxygen atoms in total. The van der Waals surface area contributed by atoms with E-state index in [0.29, 0.717) is 19.4 Å². The number of nitrogen functional groups attached to an aromatic ring is 1. The first-order valence-corrected chi connectivity index (χ1v) is 8.31. The fourth-order valence-electron chi connectivity index (χ4n) is 2.45. The highest BCUT2D eigenvalue weighted by molar-refractivity contribution is 7.89. The summed E-state index contributed by atoms with van der Waals surface area (Å²) < 4.78 is 31.3. The van der Waals surface area contributed by atoms with Crippen LogP contribution in [0.3, 0.4) is 0 Å². The first kappa shape index (κ1) is 16.1. The summed E-state index contributed by atoms with van der Waals surface area (Å²) in [6.07, 6.45) is 1.19. The molecule has 1 aromatic rings. The number of hydrogen-bond acceptors (Lipinski definition) is 5. The summed E-state index contributed by atoms with van der Waals surface area (Å²) in [6, 6.07) is 4.55. The van der Waals surface area contributed by atoms with Gasteiger partial charge in [0.1, 0.15) is 4.90 Å². The lowest BCUT2D eigenvalue weighted by molar-refractivity contribution is -0.146. The fourth-order valence-corrected chi connectivity index (χ4v) is 4.61. The Labute approximate surface area is 128 Å². The number of hydrogen-bond donors (Lipinski definition) is 1. The maximum absolute atomic E-state index is 12.7. The number of nitrogens with zero attached hydrogens (tertiary/aromatic N) is 1. The number of sulfonamides is 1. The Hall–Kier alpha value is -1.31. The first-order chi connectivity index (χ1) is 9.87. The number of ether oxygens (including phenoxy) is 1. The number of halogens is 1. The molecule has 0 radical (unpaired) electrons. The van der Waals surface area contributed by atoms with Gasteiger partial charge in [0, 0.05) is 13.1 Å². The van der Waals surface area contributed by atoms with E-state index in [0.717, 1.165) is 0 Å². The largest absolute Gasteiger partial charge is 0.469 e. The molecule has 2 N–H and O–H groups in total. The Morgan fingerprint density at radius 2 is 2.19 bits per heavy atom. The van der Waals surface area contributed by atoms with Crippen molar-refractivity contribution in [3.05, 3.63) is 23.2 Å². The number of esters is 1. The smallest absolute Gasteiger partial charge is 0.309 e. The number of carbonyl (C=O) groups is 1. The zero-order chi connectivity index (χ0) is 15.6. The van der Waals surface area contributed by atoms with Gasteiger partial charge in [-0.1, -0.05) is 17.7 Å². The first-order valence-electron chi connectivity index (χ1n) is 6.50. The second-order valence-corrected chi connectivity index (χ2v) is 7.17. The van der Waals surface area contributed by atoms with Gasteiger partial charge >= 0.3 is 5.97 Å². The molecule has 8 heteroatoms.